The first-order chi connectivity index (χ1) is 11.0. The van der Waals surface area contributed by atoms with Crippen LogP contribution in [0.4, 0.5) is 4.39 Å². The van der Waals surface area contributed by atoms with E-state index >= 15 is 0 Å². The molecule has 0 spiro atoms. The van der Waals surface area contributed by atoms with E-state index in [9.17, 15) is 19.1 Å². The quantitative estimate of drug-likeness (QED) is 0.900. The maximum Gasteiger partial charge on any atom is 0.228 e. The SMILES string of the molecule is CN(CC(C)(C)O)C(=O)C1CC(=O)N(C)C1c1ccc(Cl)c(F)c1. The van der Waals surface area contributed by atoms with Crippen molar-refractivity contribution in [2.24, 2.45) is 5.92 Å². The van der Waals surface area contributed by atoms with E-state index in [0.29, 0.717) is 5.56 Å². The summed E-state index contributed by atoms with van der Waals surface area (Å²) >= 11 is 5.72. The number of nitrogens with zero attached hydrogens (tertiary/aromatic N) is 2. The second-order valence-electron chi connectivity index (χ2n) is 6.94. The Balaban J connectivity index is 2.31. The Morgan fingerprint density at radius 3 is 2.67 bits per heavy atom. The van der Waals surface area contributed by atoms with Gasteiger partial charge in [0.15, 0.2) is 0 Å². The Bertz CT molecular complexity index is 660. The van der Waals surface area contributed by atoms with Crippen molar-refractivity contribution in [3.63, 3.8) is 0 Å². The van der Waals surface area contributed by atoms with Crippen molar-refractivity contribution >= 4 is 23.4 Å². The van der Waals surface area contributed by atoms with Crippen LogP contribution in [0.2, 0.25) is 5.02 Å². The van der Waals surface area contributed by atoms with E-state index in [1.165, 1.54) is 21.9 Å². The van der Waals surface area contributed by atoms with Gasteiger partial charge < -0.3 is 14.9 Å². The molecule has 132 valence electrons. The van der Waals surface area contributed by atoms with E-state index in [0.717, 1.165) is 0 Å². The third-order valence-corrected chi connectivity index (χ3v) is 4.50. The molecule has 1 N–H and O–H groups in total. The smallest absolute Gasteiger partial charge is 0.228 e. The molecule has 0 radical (unpaired) electrons. The second kappa shape index (κ2) is 6.69. The Hall–Kier alpha value is -1.66. The van der Waals surface area contributed by atoms with Gasteiger partial charge >= 0.3 is 0 Å². The van der Waals surface area contributed by atoms with E-state index in [1.807, 2.05) is 0 Å². The summed E-state index contributed by atoms with van der Waals surface area (Å²) in [6, 6.07) is 3.76. The first-order valence-corrected chi connectivity index (χ1v) is 8.07. The number of hydrogen-bond donors (Lipinski definition) is 1. The fraction of sp³-hybridized carbons (Fsp3) is 0.529. The lowest BCUT2D eigenvalue weighted by molar-refractivity contribution is -0.137. The third kappa shape index (κ3) is 3.87. The van der Waals surface area contributed by atoms with Crippen LogP contribution in [0.3, 0.4) is 0 Å². The van der Waals surface area contributed by atoms with Crippen LogP contribution in [0.15, 0.2) is 18.2 Å². The van der Waals surface area contributed by atoms with Crippen LogP contribution in [0.1, 0.15) is 31.9 Å². The number of amides is 2. The van der Waals surface area contributed by atoms with Crippen LogP contribution in [-0.2, 0) is 9.59 Å². The summed E-state index contributed by atoms with van der Waals surface area (Å²) in [6.45, 7) is 3.35. The van der Waals surface area contributed by atoms with Gasteiger partial charge in [0.05, 0.1) is 22.6 Å². The van der Waals surface area contributed by atoms with Gasteiger partial charge in [-0.1, -0.05) is 17.7 Å². The molecule has 1 saturated heterocycles. The van der Waals surface area contributed by atoms with Crippen molar-refractivity contribution in [1.29, 1.82) is 0 Å². The van der Waals surface area contributed by atoms with Crippen molar-refractivity contribution in [1.82, 2.24) is 9.80 Å². The molecule has 0 saturated carbocycles. The minimum absolute atomic E-state index is 0.00671. The first kappa shape index (κ1) is 18.7. The van der Waals surface area contributed by atoms with Crippen molar-refractivity contribution in [3.8, 4) is 0 Å². The number of likely N-dealkylation sites (tertiary alicyclic amines) is 1. The standard InChI is InChI=1S/C17H22ClFN2O3/c1-17(2,24)9-20(3)16(23)11-8-14(22)21(4)15(11)10-5-6-12(18)13(19)7-10/h5-7,11,15,24H,8-9H2,1-4H3. The summed E-state index contributed by atoms with van der Waals surface area (Å²) in [5.74, 6) is -1.64. The minimum Gasteiger partial charge on any atom is -0.389 e. The average Bonchev–Trinajstić information content (AvgIpc) is 2.75. The number of halogens is 2. The van der Waals surface area contributed by atoms with E-state index in [1.54, 1.807) is 34.0 Å². The molecular formula is C17H22ClFN2O3. The highest BCUT2D eigenvalue weighted by atomic mass is 35.5. The molecule has 1 aromatic carbocycles. The van der Waals surface area contributed by atoms with Crippen molar-refractivity contribution in [3.05, 3.63) is 34.6 Å². The summed E-state index contributed by atoms with van der Waals surface area (Å²) in [7, 11) is 3.19. The maximum absolute atomic E-state index is 13.8. The van der Waals surface area contributed by atoms with E-state index in [4.69, 9.17) is 11.6 Å². The number of aliphatic hydroxyl groups is 1. The predicted octanol–water partition coefficient (Wildman–Crippen LogP) is 2.23. The Labute approximate surface area is 146 Å². The van der Waals surface area contributed by atoms with Crippen LogP contribution in [0, 0.1) is 11.7 Å². The van der Waals surface area contributed by atoms with Gasteiger partial charge in [-0.15, -0.1) is 0 Å². The summed E-state index contributed by atoms with van der Waals surface area (Å²) < 4.78 is 13.8. The molecular weight excluding hydrogens is 335 g/mol. The fourth-order valence-corrected chi connectivity index (χ4v) is 3.30. The highest BCUT2D eigenvalue weighted by Crippen LogP contribution is 2.38. The number of carbonyl (C=O) groups is 2. The number of hydrogen-bond acceptors (Lipinski definition) is 3. The van der Waals surface area contributed by atoms with Crippen LogP contribution < -0.4 is 0 Å². The van der Waals surface area contributed by atoms with Gasteiger partial charge in [-0.3, -0.25) is 9.59 Å². The highest BCUT2D eigenvalue weighted by molar-refractivity contribution is 6.30. The molecule has 1 aliphatic rings. The lowest BCUT2D eigenvalue weighted by atomic mass is 9.92. The Kier molecular flexibility index (Phi) is 5.20. The Morgan fingerprint density at radius 1 is 1.50 bits per heavy atom. The molecule has 0 aliphatic carbocycles. The van der Waals surface area contributed by atoms with Crippen LogP contribution in [0.5, 0.6) is 0 Å². The van der Waals surface area contributed by atoms with Gasteiger partial charge in [0.1, 0.15) is 5.82 Å². The summed E-state index contributed by atoms with van der Waals surface area (Å²) in [4.78, 5) is 27.8. The van der Waals surface area contributed by atoms with E-state index in [-0.39, 0.29) is 29.8 Å². The van der Waals surface area contributed by atoms with Gasteiger partial charge in [-0.25, -0.2) is 4.39 Å². The molecule has 1 fully saturated rings. The lowest BCUT2D eigenvalue weighted by Gasteiger charge is -2.31. The van der Waals surface area contributed by atoms with Gasteiger partial charge in [-0.2, -0.15) is 0 Å². The van der Waals surface area contributed by atoms with Crippen molar-refractivity contribution < 1.29 is 19.1 Å². The van der Waals surface area contributed by atoms with Gasteiger partial charge in [0.2, 0.25) is 11.8 Å². The van der Waals surface area contributed by atoms with Crippen molar-refractivity contribution in [2.75, 3.05) is 20.6 Å². The first-order valence-electron chi connectivity index (χ1n) is 7.69. The zero-order valence-electron chi connectivity index (χ0n) is 14.2. The molecule has 2 atom stereocenters. The lowest BCUT2D eigenvalue weighted by Crippen LogP contribution is -2.43. The highest BCUT2D eigenvalue weighted by Gasteiger charge is 2.44. The topological polar surface area (TPSA) is 60.9 Å². The monoisotopic (exact) mass is 356 g/mol. The molecule has 1 aromatic rings. The molecule has 2 rings (SSSR count). The molecule has 2 unspecified atom stereocenters. The molecule has 2 amide bonds. The minimum atomic E-state index is -1.04. The number of rotatable bonds is 4. The van der Waals surface area contributed by atoms with Gasteiger partial charge in [0.25, 0.3) is 0 Å². The summed E-state index contributed by atoms with van der Waals surface area (Å²) in [5, 5.41) is 9.89. The van der Waals surface area contributed by atoms with Crippen LogP contribution >= 0.6 is 11.6 Å². The van der Waals surface area contributed by atoms with E-state index < -0.39 is 23.4 Å². The maximum atomic E-state index is 13.8. The largest absolute Gasteiger partial charge is 0.389 e. The number of benzene rings is 1. The van der Waals surface area contributed by atoms with E-state index in [2.05, 4.69) is 0 Å². The molecule has 0 aromatic heterocycles. The average molecular weight is 357 g/mol. The Morgan fingerprint density at radius 2 is 2.12 bits per heavy atom. The molecule has 24 heavy (non-hydrogen) atoms. The molecule has 0 bridgehead atoms. The third-order valence-electron chi connectivity index (χ3n) is 4.19. The van der Waals surface area contributed by atoms with Gasteiger partial charge in [0, 0.05) is 27.1 Å². The normalized spacial score (nSPS) is 21.3. The molecule has 7 heteroatoms. The van der Waals surface area contributed by atoms with Gasteiger partial charge in [-0.05, 0) is 31.5 Å². The zero-order chi connectivity index (χ0) is 18.2. The summed E-state index contributed by atoms with van der Waals surface area (Å²) in [5.41, 5.74) is -0.513. The summed E-state index contributed by atoms with van der Waals surface area (Å²) in [6.07, 6.45) is 0.0560. The van der Waals surface area contributed by atoms with Crippen LogP contribution in [-0.4, -0.2) is 53.0 Å². The second-order valence-corrected chi connectivity index (χ2v) is 7.35. The zero-order valence-corrected chi connectivity index (χ0v) is 15.0. The predicted molar refractivity (Wildman–Crippen MR) is 89.0 cm³/mol. The number of likely N-dealkylation sites (N-methyl/N-ethyl adjacent to an activating group) is 1. The molecule has 1 heterocycles. The van der Waals surface area contributed by atoms with Crippen LogP contribution in [0.25, 0.3) is 0 Å². The molecule has 1 aliphatic heterocycles. The number of carbonyl (C=O) groups excluding carboxylic acids is 2. The molecule has 5 nitrogen and oxygen atoms in total. The van der Waals surface area contributed by atoms with Crippen molar-refractivity contribution in [2.45, 2.75) is 31.9 Å². The fourth-order valence-electron chi connectivity index (χ4n) is 3.18.